The molecule has 15 heteroatoms. The summed E-state index contributed by atoms with van der Waals surface area (Å²) in [6.45, 7) is 9.50. The van der Waals surface area contributed by atoms with Gasteiger partial charge in [-0.2, -0.15) is 0 Å². The quantitative estimate of drug-likeness (QED) is 0.0706. The summed E-state index contributed by atoms with van der Waals surface area (Å²) in [5, 5.41) is 13.3. The number of pyridine rings is 2. The van der Waals surface area contributed by atoms with Gasteiger partial charge in [0.1, 0.15) is 30.3 Å². The molecule has 3 aromatic heterocycles. The molecule has 4 aromatic carbocycles. The Morgan fingerprint density at radius 3 is 1.73 bits per heavy atom. The van der Waals surface area contributed by atoms with Gasteiger partial charge in [-0.25, -0.2) is 13.2 Å². The van der Waals surface area contributed by atoms with Gasteiger partial charge in [0.2, 0.25) is 11.8 Å². The number of nitrogens with zero attached hydrogens (tertiary/aromatic N) is 6. The van der Waals surface area contributed by atoms with E-state index in [1.807, 2.05) is 73.1 Å². The number of aromatic nitrogens is 4. The van der Waals surface area contributed by atoms with Gasteiger partial charge in [-0.15, -0.1) is 10.2 Å². The molecule has 10 atom stereocenters. The Hall–Kier alpha value is -6.68. The molecule has 0 radical (unpaired) electrons. The number of carbonyl (C=O) groups excluding carboxylic acids is 1. The molecule has 14 nitrogen and oxygen atoms in total. The molecule has 9 heterocycles. The summed E-state index contributed by atoms with van der Waals surface area (Å²) in [6, 6.07) is 31.0. The SMILES string of the molecule is C=Cc1ccc(C(=O)OCCS(=O)(=O)CC[C@H]2CN3CC[C@H]2C[C@@H]3[C@@H](Oc2nnc(O[C@@H](c3ccnc4ccc(OC)cc34)[C@H]3C[C@@H]4CCN3C[C@@H]4CC)c3ccccc23)c2ccnc3ccc(OC)cc23)cc1. The number of fused-ring (bicyclic) bond motifs is 9. The van der Waals surface area contributed by atoms with E-state index in [-0.39, 0.29) is 48.1 Å². The first kappa shape index (κ1) is 49.5. The van der Waals surface area contributed by atoms with Crippen LogP contribution in [0.15, 0.2) is 116 Å². The summed E-state index contributed by atoms with van der Waals surface area (Å²) in [4.78, 5) is 27.2. The highest BCUT2D eigenvalue weighted by Gasteiger charge is 2.47. The molecular formula is C59H64N6O8S. The maximum absolute atomic E-state index is 13.4. The second kappa shape index (κ2) is 21.3. The van der Waals surface area contributed by atoms with E-state index in [2.05, 4.69) is 35.4 Å². The van der Waals surface area contributed by atoms with Crippen molar-refractivity contribution in [1.29, 1.82) is 0 Å². The fourth-order valence-electron chi connectivity index (χ4n) is 12.5. The van der Waals surface area contributed by atoms with Crippen molar-refractivity contribution < 1.29 is 36.9 Å². The van der Waals surface area contributed by atoms with Crippen LogP contribution in [0.2, 0.25) is 0 Å². The van der Waals surface area contributed by atoms with Crippen LogP contribution in [0.3, 0.4) is 0 Å². The molecule has 0 amide bonds. The first-order valence-electron chi connectivity index (χ1n) is 26.1. The van der Waals surface area contributed by atoms with E-state index in [9.17, 15) is 13.2 Å². The summed E-state index contributed by atoms with van der Waals surface area (Å²) < 4.78 is 58.3. The molecule has 0 aliphatic carbocycles. The summed E-state index contributed by atoms with van der Waals surface area (Å²) in [5.41, 5.74) is 4.93. The molecule has 4 bridgehead atoms. The third kappa shape index (κ3) is 10.0. The van der Waals surface area contributed by atoms with Crippen LogP contribution in [0, 0.1) is 23.7 Å². The molecule has 74 heavy (non-hydrogen) atoms. The minimum absolute atomic E-state index is 0.0218. The number of methoxy groups -OCH3 is 2. The van der Waals surface area contributed by atoms with Crippen LogP contribution in [0.4, 0.5) is 0 Å². The number of hydrogen-bond acceptors (Lipinski definition) is 14. The molecule has 0 N–H and O–H groups in total. The number of rotatable bonds is 19. The largest absolute Gasteiger partial charge is 0.497 e. The minimum Gasteiger partial charge on any atom is -0.497 e. The topological polar surface area (TPSA) is 155 Å². The summed E-state index contributed by atoms with van der Waals surface area (Å²) >= 11 is 0. The lowest BCUT2D eigenvalue weighted by atomic mass is 9.72. The van der Waals surface area contributed by atoms with Crippen molar-refractivity contribution in [3.63, 3.8) is 0 Å². The number of hydrogen-bond donors (Lipinski definition) is 0. The molecule has 0 saturated carbocycles. The monoisotopic (exact) mass is 1020 g/mol. The lowest BCUT2D eigenvalue weighted by molar-refractivity contribution is -0.0504. The number of carbonyl (C=O) groups is 1. The van der Waals surface area contributed by atoms with E-state index in [1.165, 1.54) is 6.42 Å². The first-order valence-corrected chi connectivity index (χ1v) is 27.9. The predicted octanol–water partition coefficient (Wildman–Crippen LogP) is 10.1. The standard InChI is InChI=1S/C59H64N6O8S/c1-5-37-11-13-39(14-12-37)59(66)71-28-30-74(67,68)29-23-42-36-65-27-22-41(42)32-54(65)56(46-20-25-61-52-18-16-44(70-4)34-50(46)52)73-58-48-10-8-7-9-47(48)57(62-63-58)72-55(53-31-40-21-26-64(53)35-38(40)6-2)45-19-24-60-51-17-15-43(69-3)33-49(45)51/h5,7-20,24-25,33-34,38,40-42,53-56H,1,6,21-23,26-32,35-36H2,2-4H3/t38-,40-,41-,42-,53+,54+,55-,56-/m0/s1. The molecule has 0 spiro atoms. The lowest BCUT2D eigenvalue weighted by Gasteiger charge is -2.52. The average molecular weight is 1020 g/mol. The maximum Gasteiger partial charge on any atom is 0.338 e. The number of ether oxygens (including phenoxy) is 5. The molecular weight excluding hydrogens is 953 g/mol. The number of sulfone groups is 1. The smallest absolute Gasteiger partial charge is 0.338 e. The van der Waals surface area contributed by atoms with Crippen molar-refractivity contribution in [2.45, 2.75) is 69.7 Å². The van der Waals surface area contributed by atoms with E-state index < -0.39 is 21.9 Å². The zero-order chi connectivity index (χ0) is 50.9. The van der Waals surface area contributed by atoms with E-state index in [1.54, 1.807) is 44.6 Å². The molecule has 6 saturated heterocycles. The number of piperidine rings is 6. The van der Waals surface area contributed by atoms with Gasteiger partial charge in [0.05, 0.1) is 65.2 Å². The van der Waals surface area contributed by atoms with Gasteiger partial charge in [-0.1, -0.05) is 50.3 Å². The Balaban J connectivity index is 0.878. The highest BCUT2D eigenvalue weighted by molar-refractivity contribution is 7.91. The third-order valence-corrected chi connectivity index (χ3v) is 18.2. The van der Waals surface area contributed by atoms with Crippen molar-refractivity contribution in [3.05, 3.63) is 138 Å². The van der Waals surface area contributed by atoms with Crippen molar-refractivity contribution >= 4 is 54.5 Å². The van der Waals surface area contributed by atoms with Crippen LogP contribution in [0.25, 0.3) is 38.7 Å². The van der Waals surface area contributed by atoms with Gasteiger partial charge in [-0.05, 0) is 147 Å². The van der Waals surface area contributed by atoms with Crippen molar-refractivity contribution in [2.24, 2.45) is 23.7 Å². The molecule has 13 rings (SSSR count). The third-order valence-electron chi connectivity index (χ3n) is 16.6. The number of esters is 1. The maximum atomic E-state index is 13.4. The zero-order valence-electron chi connectivity index (χ0n) is 42.3. The summed E-state index contributed by atoms with van der Waals surface area (Å²) in [6.07, 6.45) is 10.2. The Bertz CT molecular complexity index is 3300. The fraction of sp³-hybridized carbons (Fsp3) is 0.407. The first-order chi connectivity index (χ1) is 36.1. The lowest BCUT2D eigenvalue weighted by Crippen LogP contribution is -2.56. The Morgan fingerprint density at radius 1 is 0.703 bits per heavy atom. The number of benzene rings is 4. The van der Waals surface area contributed by atoms with Crippen molar-refractivity contribution in [1.82, 2.24) is 30.0 Å². The predicted molar refractivity (Wildman–Crippen MR) is 286 cm³/mol. The molecule has 7 aromatic rings. The van der Waals surface area contributed by atoms with Gasteiger partial charge in [-0.3, -0.25) is 19.8 Å². The molecule has 6 aliphatic heterocycles. The normalized spacial score (nSPS) is 24.1. The van der Waals surface area contributed by atoms with Gasteiger partial charge in [0, 0.05) is 47.4 Å². The zero-order valence-corrected chi connectivity index (χ0v) is 43.2. The second-order valence-corrected chi connectivity index (χ2v) is 22.8. The van der Waals surface area contributed by atoms with Crippen molar-refractivity contribution in [3.8, 4) is 23.3 Å². The van der Waals surface area contributed by atoms with Gasteiger partial charge in [0.25, 0.3) is 0 Å². The molecule has 6 fully saturated rings. The van der Waals surface area contributed by atoms with E-state index in [4.69, 9.17) is 43.8 Å². The van der Waals surface area contributed by atoms with Gasteiger partial charge < -0.3 is 23.7 Å². The van der Waals surface area contributed by atoms with Crippen LogP contribution >= 0.6 is 0 Å². The van der Waals surface area contributed by atoms with E-state index in [0.717, 1.165) is 107 Å². The fourth-order valence-corrected chi connectivity index (χ4v) is 13.7. The molecule has 6 aliphatic rings. The average Bonchev–Trinajstić information content (AvgIpc) is 3.45. The van der Waals surface area contributed by atoms with Gasteiger partial charge >= 0.3 is 5.97 Å². The van der Waals surface area contributed by atoms with Crippen LogP contribution in [-0.4, -0.2) is 115 Å². The summed E-state index contributed by atoms with van der Waals surface area (Å²) in [7, 11) is -0.142. The molecule has 2 unspecified atom stereocenters. The highest BCUT2D eigenvalue weighted by atomic mass is 32.2. The van der Waals surface area contributed by atoms with Crippen molar-refractivity contribution in [2.75, 3.05) is 58.5 Å². The minimum atomic E-state index is -3.49. The highest BCUT2D eigenvalue weighted by Crippen LogP contribution is 2.48. The molecule has 384 valence electrons. The van der Waals surface area contributed by atoms with Gasteiger partial charge in [0.15, 0.2) is 9.84 Å². The van der Waals surface area contributed by atoms with Crippen LogP contribution < -0.4 is 18.9 Å². The Labute approximate surface area is 433 Å². The van der Waals surface area contributed by atoms with E-state index >= 15 is 0 Å². The second-order valence-electron chi connectivity index (χ2n) is 20.5. The van der Waals surface area contributed by atoms with Crippen LogP contribution in [0.5, 0.6) is 23.3 Å². The Kier molecular flexibility index (Phi) is 14.2. The van der Waals surface area contributed by atoms with E-state index in [0.29, 0.717) is 41.3 Å². The van der Waals surface area contributed by atoms with Crippen LogP contribution in [-0.2, 0) is 14.6 Å². The summed E-state index contributed by atoms with van der Waals surface area (Å²) in [5.74, 6) is 3.27. The Morgan fingerprint density at radius 2 is 1.24 bits per heavy atom. The van der Waals surface area contributed by atoms with Crippen LogP contribution in [0.1, 0.15) is 84.7 Å².